The zero-order valence-corrected chi connectivity index (χ0v) is 15.8. The number of rotatable bonds is 4. The molecule has 3 aromatic rings. The molecule has 0 aliphatic rings. The van der Waals surface area contributed by atoms with Gasteiger partial charge in [0.15, 0.2) is 0 Å². The van der Waals surface area contributed by atoms with Crippen molar-refractivity contribution in [1.29, 1.82) is 0 Å². The summed E-state index contributed by atoms with van der Waals surface area (Å²) in [6, 6.07) is 18.1. The van der Waals surface area contributed by atoms with E-state index in [1.807, 2.05) is 46.4 Å². The molecule has 0 aliphatic carbocycles. The lowest BCUT2D eigenvalue weighted by atomic mass is 10.2. The van der Waals surface area contributed by atoms with Crippen molar-refractivity contribution in [2.24, 2.45) is 0 Å². The predicted octanol–water partition coefficient (Wildman–Crippen LogP) is 2.39. The second-order valence-corrected chi connectivity index (χ2v) is 6.90. The van der Waals surface area contributed by atoms with E-state index < -0.39 is 0 Å². The molecule has 0 unspecified atom stereocenters. The summed E-state index contributed by atoms with van der Waals surface area (Å²) in [6.07, 6.45) is 1.64. The van der Waals surface area contributed by atoms with Gasteiger partial charge in [0.05, 0.1) is 5.56 Å². The summed E-state index contributed by atoms with van der Waals surface area (Å²) in [5, 5.41) is 4.07. The number of nitrogens with one attached hydrogen (secondary N) is 1. The lowest BCUT2D eigenvalue weighted by Gasteiger charge is -1.98. The number of aromatic nitrogens is 2. The van der Waals surface area contributed by atoms with E-state index in [4.69, 9.17) is 23.2 Å². The lowest BCUT2D eigenvalue weighted by Crippen LogP contribution is -3.00. The second-order valence-electron chi connectivity index (χ2n) is 4.93. The van der Waals surface area contributed by atoms with E-state index in [1.54, 1.807) is 6.20 Å². The molecular weight excluding hydrogens is 385 g/mol. The largest absolute Gasteiger partial charge is 1.00 e. The first-order chi connectivity index (χ1) is 11.1. The molecule has 0 saturated carbocycles. The number of aryl methyl sites for hydroxylation is 1. The molecule has 2 aromatic carbocycles. The molecule has 24 heavy (non-hydrogen) atoms. The quantitative estimate of drug-likeness (QED) is 0.684. The zero-order valence-electron chi connectivity index (χ0n) is 12.7. The maximum atomic E-state index is 5.82. The van der Waals surface area contributed by atoms with E-state index in [2.05, 4.69) is 29.4 Å². The van der Waals surface area contributed by atoms with Crippen LogP contribution in [0.5, 0.6) is 0 Å². The Labute approximate surface area is 161 Å². The molecule has 0 saturated heterocycles. The molecule has 1 aromatic heterocycles. The molecule has 0 aliphatic heterocycles. The van der Waals surface area contributed by atoms with Gasteiger partial charge in [-0.05, 0) is 36.2 Å². The summed E-state index contributed by atoms with van der Waals surface area (Å²) in [7, 11) is 0. The van der Waals surface area contributed by atoms with Gasteiger partial charge in [-0.2, -0.15) is 0 Å². The third-order valence-electron chi connectivity index (χ3n) is 3.15. The highest BCUT2D eigenvalue weighted by molar-refractivity contribution is 7.06. The van der Waals surface area contributed by atoms with E-state index in [0.29, 0.717) is 0 Å². The smallest absolute Gasteiger partial charge is 0.350 e. The molecule has 0 radical (unpaired) electrons. The number of anilines is 2. The van der Waals surface area contributed by atoms with Crippen molar-refractivity contribution in [3.05, 3.63) is 64.7 Å². The lowest BCUT2D eigenvalue weighted by molar-refractivity contribution is -0.480. The number of benzene rings is 2. The maximum Gasteiger partial charge on any atom is 0.350 e. The molecule has 3 nitrogen and oxygen atoms in total. The topological polar surface area (TPSA) is 28.8 Å². The molecule has 0 fully saturated rings. The van der Waals surface area contributed by atoms with Crippen LogP contribution in [0.1, 0.15) is 5.56 Å². The summed E-state index contributed by atoms with van der Waals surface area (Å²) >= 11 is 13.1. The molecule has 0 spiro atoms. The van der Waals surface area contributed by atoms with Crippen molar-refractivity contribution >= 4 is 51.8 Å². The van der Waals surface area contributed by atoms with Crippen LogP contribution in [-0.2, 0) is 0 Å². The van der Waals surface area contributed by atoms with E-state index in [-0.39, 0.29) is 16.9 Å². The van der Waals surface area contributed by atoms with Gasteiger partial charge in [0, 0.05) is 5.69 Å². The van der Waals surface area contributed by atoms with Crippen LogP contribution in [0.3, 0.4) is 0 Å². The van der Waals surface area contributed by atoms with Crippen LogP contribution in [0, 0.1) is 6.92 Å². The van der Waals surface area contributed by atoms with Gasteiger partial charge in [0.25, 0.3) is 0 Å². The molecule has 124 valence electrons. The Balaban J connectivity index is 0.00000208. The SMILES string of the molecule is Cc1ccc(Nc2nc(-c3ccccc3)[n+](C=C(Cl)Cl)s2)cc1.[Cl-]. The molecule has 3 rings (SSSR count). The molecule has 0 bridgehead atoms. The van der Waals surface area contributed by atoms with Crippen molar-refractivity contribution in [3.63, 3.8) is 0 Å². The first kappa shape index (κ1) is 18.7. The van der Waals surface area contributed by atoms with Gasteiger partial charge in [-0.25, -0.2) is 0 Å². The van der Waals surface area contributed by atoms with Gasteiger partial charge in [-0.1, -0.05) is 59.1 Å². The van der Waals surface area contributed by atoms with Gasteiger partial charge in [-0.15, -0.1) is 3.96 Å². The summed E-state index contributed by atoms with van der Waals surface area (Å²) < 4.78 is 2.03. The molecular formula is C17H14Cl3N3S. The molecule has 1 heterocycles. The fourth-order valence-electron chi connectivity index (χ4n) is 2.07. The molecule has 0 amide bonds. The highest BCUT2D eigenvalue weighted by Gasteiger charge is 2.22. The normalized spacial score (nSPS) is 9.96. The Morgan fingerprint density at radius 3 is 2.38 bits per heavy atom. The fourth-order valence-corrected chi connectivity index (χ4v) is 3.25. The van der Waals surface area contributed by atoms with Gasteiger partial charge < -0.3 is 17.7 Å². The van der Waals surface area contributed by atoms with Gasteiger partial charge in [0.1, 0.15) is 22.2 Å². The fraction of sp³-hybridized carbons (Fsp3) is 0.0588. The van der Waals surface area contributed by atoms with Crippen molar-refractivity contribution in [1.82, 2.24) is 4.98 Å². The second kappa shape index (κ2) is 8.49. The van der Waals surface area contributed by atoms with Crippen LogP contribution in [0.25, 0.3) is 17.6 Å². The van der Waals surface area contributed by atoms with Crippen LogP contribution >= 0.6 is 34.7 Å². The Hall–Kier alpha value is -1.59. The highest BCUT2D eigenvalue weighted by Crippen LogP contribution is 2.23. The average molecular weight is 399 g/mol. The summed E-state index contributed by atoms with van der Waals surface area (Å²) in [6.45, 7) is 2.06. The van der Waals surface area contributed by atoms with E-state index >= 15 is 0 Å². The maximum absolute atomic E-state index is 5.82. The molecule has 7 heteroatoms. The number of hydrogen-bond donors (Lipinski definition) is 1. The minimum atomic E-state index is 0. The van der Waals surface area contributed by atoms with E-state index in [1.165, 1.54) is 17.1 Å². The minimum Gasteiger partial charge on any atom is -1.00 e. The highest BCUT2D eigenvalue weighted by atomic mass is 35.5. The Morgan fingerprint density at radius 2 is 1.75 bits per heavy atom. The van der Waals surface area contributed by atoms with Crippen molar-refractivity contribution < 1.29 is 16.4 Å². The first-order valence-corrected chi connectivity index (χ1v) is 8.49. The number of hydrogen-bond acceptors (Lipinski definition) is 3. The Morgan fingerprint density at radius 1 is 1.08 bits per heavy atom. The van der Waals surface area contributed by atoms with Crippen LogP contribution in [0.15, 0.2) is 59.1 Å². The van der Waals surface area contributed by atoms with Crippen LogP contribution in [0.2, 0.25) is 0 Å². The third-order valence-corrected chi connectivity index (χ3v) is 4.19. The van der Waals surface area contributed by atoms with Crippen molar-refractivity contribution in [2.75, 3.05) is 5.32 Å². The van der Waals surface area contributed by atoms with Crippen molar-refractivity contribution in [2.45, 2.75) is 6.92 Å². The standard InChI is InChI=1S/C17H13Cl2N3S.ClH/c1-12-7-9-14(10-8-12)20-17-21-16(13-5-3-2-4-6-13)22(23-17)11-15(18)19;/h2-11H,1H3;1H. The minimum absolute atomic E-state index is 0. The summed E-state index contributed by atoms with van der Waals surface area (Å²) in [5.41, 5.74) is 3.19. The molecule has 1 N–H and O–H groups in total. The van der Waals surface area contributed by atoms with Crippen LogP contribution in [-0.4, -0.2) is 4.98 Å². The summed E-state index contributed by atoms with van der Waals surface area (Å²) in [4.78, 5) is 4.66. The first-order valence-electron chi connectivity index (χ1n) is 6.96. The van der Waals surface area contributed by atoms with E-state index in [0.717, 1.165) is 22.2 Å². The van der Waals surface area contributed by atoms with Gasteiger partial charge in [0.2, 0.25) is 0 Å². The Bertz CT molecular complexity index is 826. The van der Waals surface area contributed by atoms with Crippen molar-refractivity contribution in [3.8, 4) is 11.4 Å². The number of nitrogens with zero attached hydrogens (tertiary/aromatic N) is 2. The average Bonchev–Trinajstić information content (AvgIpc) is 2.92. The van der Waals surface area contributed by atoms with Crippen LogP contribution < -0.4 is 21.7 Å². The van der Waals surface area contributed by atoms with Gasteiger partial charge in [-0.3, -0.25) is 0 Å². The number of halogens is 3. The monoisotopic (exact) mass is 397 g/mol. The molecule has 0 atom stereocenters. The van der Waals surface area contributed by atoms with Crippen LogP contribution in [0.4, 0.5) is 10.8 Å². The zero-order chi connectivity index (χ0) is 16.2. The summed E-state index contributed by atoms with van der Waals surface area (Å²) in [5.74, 6) is 0.781. The Kier molecular flexibility index (Phi) is 6.63. The third kappa shape index (κ3) is 4.71. The predicted molar refractivity (Wildman–Crippen MR) is 98.2 cm³/mol. The van der Waals surface area contributed by atoms with E-state index in [9.17, 15) is 0 Å². The van der Waals surface area contributed by atoms with Gasteiger partial charge >= 0.3 is 11.0 Å².